The molecule has 0 aliphatic carbocycles. The van der Waals surface area contributed by atoms with Gasteiger partial charge in [-0.05, 0) is 19.3 Å². The molecule has 1 amide bonds. The molecule has 0 saturated carbocycles. The quantitative estimate of drug-likeness (QED) is 0.702. The van der Waals surface area contributed by atoms with E-state index in [0.717, 1.165) is 39.0 Å². The summed E-state index contributed by atoms with van der Waals surface area (Å²) in [5.74, 6) is 0.180. The van der Waals surface area contributed by atoms with Crippen LogP contribution in [0.3, 0.4) is 0 Å². The Morgan fingerprint density at radius 2 is 2.16 bits per heavy atom. The Morgan fingerprint density at radius 3 is 2.79 bits per heavy atom. The van der Waals surface area contributed by atoms with Crippen molar-refractivity contribution < 1.29 is 14.6 Å². The van der Waals surface area contributed by atoms with Crippen molar-refractivity contribution in [1.82, 2.24) is 9.80 Å². The topological polar surface area (TPSA) is 53.0 Å². The first-order valence-corrected chi connectivity index (χ1v) is 7.12. The van der Waals surface area contributed by atoms with Crippen molar-refractivity contribution in [2.24, 2.45) is 0 Å². The minimum atomic E-state index is -0.0739. The Kier molecular flexibility index (Phi) is 5.36. The van der Waals surface area contributed by atoms with Crippen molar-refractivity contribution in [3.05, 3.63) is 12.7 Å². The fourth-order valence-corrected chi connectivity index (χ4v) is 3.09. The Bertz CT molecular complexity index is 316. The summed E-state index contributed by atoms with van der Waals surface area (Å²) < 4.78 is 5.38. The van der Waals surface area contributed by atoms with Crippen molar-refractivity contribution in [2.75, 3.05) is 39.5 Å². The summed E-state index contributed by atoms with van der Waals surface area (Å²) in [4.78, 5) is 16.4. The molecule has 1 unspecified atom stereocenters. The Morgan fingerprint density at radius 1 is 1.42 bits per heavy atom. The summed E-state index contributed by atoms with van der Waals surface area (Å²) >= 11 is 0. The van der Waals surface area contributed by atoms with E-state index in [1.807, 2.05) is 4.90 Å². The van der Waals surface area contributed by atoms with Crippen LogP contribution in [0.15, 0.2) is 12.7 Å². The molecule has 5 nitrogen and oxygen atoms in total. The number of ether oxygens (including phenoxy) is 1. The average Bonchev–Trinajstić information content (AvgIpc) is 2.79. The van der Waals surface area contributed by atoms with E-state index in [1.165, 1.54) is 0 Å². The standard InChI is InChI=1S/C14H24N2O3/c1-2-6-15-7-3-13(14(15)18)16(8-9-17)12-4-10-19-11-5-12/h2,12-13,17H,1,3-11H2. The molecule has 0 aromatic heterocycles. The molecule has 2 heterocycles. The molecule has 1 N–H and O–H groups in total. The first kappa shape index (κ1) is 14.5. The predicted molar refractivity (Wildman–Crippen MR) is 72.8 cm³/mol. The van der Waals surface area contributed by atoms with Gasteiger partial charge in [-0.2, -0.15) is 0 Å². The van der Waals surface area contributed by atoms with Crippen LogP contribution in [0.1, 0.15) is 19.3 Å². The van der Waals surface area contributed by atoms with Crippen LogP contribution in [0.5, 0.6) is 0 Å². The second kappa shape index (κ2) is 7.03. The first-order chi connectivity index (χ1) is 9.27. The van der Waals surface area contributed by atoms with E-state index in [4.69, 9.17) is 4.74 Å². The van der Waals surface area contributed by atoms with Gasteiger partial charge < -0.3 is 14.7 Å². The molecular weight excluding hydrogens is 244 g/mol. The van der Waals surface area contributed by atoms with Crippen LogP contribution in [0, 0.1) is 0 Å². The number of nitrogens with zero attached hydrogens (tertiary/aromatic N) is 2. The highest BCUT2D eigenvalue weighted by atomic mass is 16.5. The smallest absolute Gasteiger partial charge is 0.240 e. The number of carbonyl (C=O) groups excluding carboxylic acids is 1. The van der Waals surface area contributed by atoms with Gasteiger partial charge in [0.25, 0.3) is 0 Å². The average molecular weight is 268 g/mol. The van der Waals surface area contributed by atoms with Crippen LogP contribution in [0.25, 0.3) is 0 Å². The molecule has 0 bridgehead atoms. The van der Waals surface area contributed by atoms with E-state index in [9.17, 15) is 9.90 Å². The highest BCUT2D eigenvalue weighted by Gasteiger charge is 2.38. The van der Waals surface area contributed by atoms with Crippen LogP contribution in [-0.4, -0.2) is 72.4 Å². The lowest BCUT2D eigenvalue weighted by atomic mass is 10.0. The minimum Gasteiger partial charge on any atom is -0.395 e. The number of rotatable bonds is 6. The highest BCUT2D eigenvalue weighted by Crippen LogP contribution is 2.23. The molecule has 1 atom stereocenters. The van der Waals surface area contributed by atoms with Gasteiger partial charge in [-0.3, -0.25) is 9.69 Å². The van der Waals surface area contributed by atoms with Crippen LogP contribution >= 0.6 is 0 Å². The summed E-state index contributed by atoms with van der Waals surface area (Å²) in [5, 5.41) is 9.27. The minimum absolute atomic E-state index is 0.0739. The summed E-state index contributed by atoms with van der Waals surface area (Å²) in [7, 11) is 0. The lowest BCUT2D eigenvalue weighted by Crippen LogP contribution is -2.50. The van der Waals surface area contributed by atoms with Gasteiger partial charge in [-0.15, -0.1) is 6.58 Å². The molecule has 0 spiro atoms. The van der Waals surface area contributed by atoms with E-state index < -0.39 is 0 Å². The SMILES string of the molecule is C=CCN1CCC(N(CCO)C2CCOCC2)C1=O. The number of aliphatic hydroxyl groups is 1. The third-order valence-electron chi connectivity index (χ3n) is 4.04. The van der Waals surface area contributed by atoms with Gasteiger partial charge in [-0.1, -0.05) is 6.08 Å². The largest absolute Gasteiger partial charge is 0.395 e. The van der Waals surface area contributed by atoms with Crippen LogP contribution < -0.4 is 0 Å². The number of hydrogen-bond donors (Lipinski definition) is 1. The molecule has 19 heavy (non-hydrogen) atoms. The van der Waals surface area contributed by atoms with E-state index in [2.05, 4.69) is 11.5 Å². The molecule has 2 aliphatic rings. The number of likely N-dealkylation sites (tertiary alicyclic amines) is 1. The Labute approximate surface area is 114 Å². The first-order valence-electron chi connectivity index (χ1n) is 7.12. The maximum Gasteiger partial charge on any atom is 0.240 e. The lowest BCUT2D eigenvalue weighted by molar-refractivity contribution is -0.133. The third kappa shape index (κ3) is 3.35. The molecular formula is C14H24N2O3. The van der Waals surface area contributed by atoms with Crippen LogP contribution in [-0.2, 0) is 9.53 Å². The predicted octanol–water partition coefficient (Wildman–Crippen LogP) is 0.247. The summed E-state index contributed by atoms with van der Waals surface area (Å²) in [6.07, 6.45) is 4.52. The molecule has 2 aliphatic heterocycles. The van der Waals surface area contributed by atoms with Crippen LogP contribution in [0.2, 0.25) is 0 Å². The summed E-state index contributed by atoms with van der Waals surface area (Å²) in [6, 6.07) is 0.286. The van der Waals surface area contributed by atoms with Gasteiger partial charge in [0, 0.05) is 38.9 Å². The Hall–Kier alpha value is -0.910. The van der Waals surface area contributed by atoms with Gasteiger partial charge in [0.15, 0.2) is 0 Å². The zero-order chi connectivity index (χ0) is 13.7. The molecule has 0 radical (unpaired) electrons. The zero-order valence-electron chi connectivity index (χ0n) is 11.5. The van der Waals surface area contributed by atoms with Crippen molar-refractivity contribution in [2.45, 2.75) is 31.3 Å². The molecule has 0 aromatic carbocycles. The van der Waals surface area contributed by atoms with Crippen molar-refractivity contribution in [1.29, 1.82) is 0 Å². The van der Waals surface area contributed by atoms with Crippen molar-refractivity contribution in [3.63, 3.8) is 0 Å². The molecule has 2 rings (SSSR count). The van der Waals surface area contributed by atoms with Crippen LogP contribution in [0.4, 0.5) is 0 Å². The van der Waals surface area contributed by atoms with E-state index in [1.54, 1.807) is 6.08 Å². The lowest BCUT2D eigenvalue weighted by Gasteiger charge is -2.37. The van der Waals surface area contributed by atoms with E-state index in [-0.39, 0.29) is 18.6 Å². The second-order valence-corrected chi connectivity index (χ2v) is 5.18. The third-order valence-corrected chi connectivity index (χ3v) is 4.04. The Balaban J connectivity index is 2.02. The highest BCUT2D eigenvalue weighted by molar-refractivity contribution is 5.84. The van der Waals surface area contributed by atoms with Crippen molar-refractivity contribution in [3.8, 4) is 0 Å². The second-order valence-electron chi connectivity index (χ2n) is 5.18. The number of aliphatic hydroxyl groups excluding tert-OH is 1. The van der Waals surface area contributed by atoms with Crippen molar-refractivity contribution >= 4 is 5.91 Å². The summed E-state index contributed by atoms with van der Waals surface area (Å²) in [6.45, 7) is 7.28. The van der Waals surface area contributed by atoms with E-state index in [0.29, 0.717) is 19.1 Å². The maximum absolute atomic E-state index is 12.4. The van der Waals surface area contributed by atoms with Gasteiger partial charge in [0.05, 0.1) is 12.6 Å². The normalized spacial score (nSPS) is 25.3. The molecule has 108 valence electrons. The van der Waals surface area contributed by atoms with Gasteiger partial charge in [0.1, 0.15) is 0 Å². The monoisotopic (exact) mass is 268 g/mol. The fraction of sp³-hybridized carbons (Fsp3) is 0.786. The number of amides is 1. The van der Waals surface area contributed by atoms with Gasteiger partial charge in [0.2, 0.25) is 5.91 Å². The molecule has 5 heteroatoms. The number of hydrogen-bond acceptors (Lipinski definition) is 4. The zero-order valence-corrected chi connectivity index (χ0v) is 11.5. The van der Waals surface area contributed by atoms with E-state index >= 15 is 0 Å². The van der Waals surface area contributed by atoms with Gasteiger partial charge >= 0.3 is 0 Å². The molecule has 0 aromatic rings. The summed E-state index contributed by atoms with van der Waals surface area (Å²) in [5.41, 5.74) is 0. The fourth-order valence-electron chi connectivity index (χ4n) is 3.09. The molecule has 2 fully saturated rings. The number of carbonyl (C=O) groups is 1. The molecule has 2 saturated heterocycles. The maximum atomic E-state index is 12.4. The van der Waals surface area contributed by atoms with Gasteiger partial charge in [-0.25, -0.2) is 0 Å².